The Morgan fingerprint density at radius 3 is 2.46 bits per heavy atom. The third-order valence-corrected chi connectivity index (χ3v) is 8.15. The minimum absolute atomic E-state index is 0.0510. The first-order valence-corrected chi connectivity index (χ1v) is 9.52. The molecular weight excluding hydrogens is 332 g/mol. The molecule has 26 heavy (non-hydrogen) atoms. The van der Waals surface area contributed by atoms with E-state index in [9.17, 15) is 25.2 Å². The van der Waals surface area contributed by atoms with Crippen molar-refractivity contribution in [2.45, 2.75) is 58.2 Å². The number of carbonyl (C=O) groups is 1. The summed E-state index contributed by atoms with van der Waals surface area (Å²) in [4.78, 5) is 12.2. The van der Waals surface area contributed by atoms with E-state index in [1.807, 2.05) is 19.9 Å². The molecule has 0 saturated heterocycles. The summed E-state index contributed by atoms with van der Waals surface area (Å²) in [6.45, 7) is 5.44. The number of fused-ring (bicyclic) bond motifs is 5. The largest absolute Gasteiger partial charge is 0.508 e. The van der Waals surface area contributed by atoms with Crippen LogP contribution >= 0.6 is 0 Å². The highest BCUT2D eigenvalue weighted by Crippen LogP contribution is 2.67. The van der Waals surface area contributed by atoms with E-state index in [1.54, 1.807) is 12.2 Å². The predicted octanol–water partition coefficient (Wildman–Crippen LogP) is 2.95. The molecule has 0 heterocycles. The highest BCUT2D eigenvalue weighted by molar-refractivity contribution is 5.86. The first-order chi connectivity index (χ1) is 12.1. The van der Waals surface area contributed by atoms with Gasteiger partial charge in [0.25, 0.3) is 0 Å². The lowest BCUT2D eigenvalue weighted by molar-refractivity contribution is -0.157. The molecule has 4 aliphatic carbocycles. The minimum Gasteiger partial charge on any atom is -0.508 e. The molecule has 0 aliphatic heterocycles. The molecular formula is C21H28O5. The van der Waals surface area contributed by atoms with Gasteiger partial charge in [-0.25, -0.2) is 0 Å². The quantitative estimate of drug-likeness (QED) is 0.539. The average Bonchev–Trinajstić information content (AvgIpc) is 2.87. The normalized spacial score (nSPS) is 50.0. The van der Waals surface area contributed by atoms with Gasteiger partial charge >= 0.3 is 0 Å². The van der Waals surface area contributed by atoms with Crippen molar-refractivity contribution in [3.05, 3.63) is 35.3 Å². The second-order valence-electron chi connectivity index (χ2n) is 9.10. The monoisotopic (exact) mass is 360 g/mol. The topological polar surface area (TPSA) is 98.0 Å². The summed E-state index contributed by atoms with van der Waals surface area (Å²) in [5, 5.41) is 42.7. The lowest BCUT2D eigenvalue weighted by Crippen LogP contribution is -2.57. The van der Waals surface area contributed by atoms with Gasteiger partial charge in [-0.1, -0.05) is 26.0 Å². The van der Waals surface area contributed by atoms with Crippen LogP contribution < -0.4 is 0 Å². The fourth-order valence-corrected chi connectivity index (χ4v) is 6.54. The average molecular weight is 360 g/mol. The van der Waals surface area contributed by atoms with Crippen molar-refractivity contribution in [1.29, 1.82) is 0 Å². The van der Waals surface area contributed by atoms with Crippen LogP contribution in [0.3, 0.4) is 0 Å². The zero-order valence-electron chi connectivity index (χ0n) is 15.6. The van der Waals surface area contributed by atoms with Crippen molar-refractivity contribution < 1.29 is 25.2 Å². The minimum atomic E-state index is -1.37. The lowest BCUT2D eigenvalue weighted by atomic mass is 9.48. The van der Waals surface area contributed by atoms with Gasteiger partial charge in [0.1, 0.15) is 11.4 Å². The van der Waals surface area contributed by atoms with Crippen LogP contribution in [0.2, 0.25) is 0 Å². The first kappa shape index (κ1) is 17.8. The lowest BCUT2D eigenvalue weighted by Gasteiger charge is -2.56. The molecule has 7 atom stereocenters. The molecule has 0 spiro atoms. The van der Waals surface area contributed by atoms with Crippen LogP contribution in [0, 0.1) is 28.6 Å². The third-order valence-electron chi connectivity index (χ3n) is 8.15. The van der Waals surface area contributed by atoms with Gasteiger partial charge < -0.3 is 20.4 Å². The summed E-state index contributed by atoms with van der Waals surface area (Å²) in [5.74, 6) is -0.734. The van der Waals surface area contributed by atoms with E-state index >= 15 is 0 Å². The fraction of sp³-hybridized carbons (Fsp3) is 0.667. The number of carbonyl (C=O) groups excluding carboxylic acids is 1. The van der Waals surface area contributed by atoms with Gasteiger partial charge in [0.15, 0.2) is 11.5 Å². The van der Waals surface area contributed by atoms with Gasteiger partial charge in [-0.2, -0.15) is 0 Å². The van der Waals surface area contributed by atoms with E-state index in [1.165, 1.54) is 6.92 Å². The number of aliphatic hydroxyl groups is 4. The molecule has 142 valence electrons. The summed E-state index contributed by atoms with van der Waals surface area (Å²) >= 11 is 0. The van der Waals surface area contributed by atoms with Gasteiger partial charge in [-0.3, -0.25) is 4.79 Å². The molecule has 5 nitrogen and oxygen atoms in total. The maximum absolute atomic E-state index is 12.2. The molecule has 0 aromatic rings. The van der Waals surface area contributed by atoms with Crippen LogP contribution in [0.5, 0.6) is 0 Å². The molecule has 4 rings (SSSR count). The molecule has 0 aromatic heterocycles. The summed E-state index contributed by atoms with van der Waals surface area (Å²) in [6, 6.07) is 0. The van der Waals surface area contributed by atoms with Gasteiger partial charge in [0.05, 0.1) is 6.10 Å². The zero-order chi connectivity index (χ0) is 19.1. The second-order valence-corrected chi connectivity index (χ2v) is 9.10. The second kappa shape index (κ2) is 5.23. The molecule has 4 aliphatic rings. The predicted molar refractivity (Wildman–Crippen MR) is 96.3 cm³/mol. The summed E-state index contributed by atoms with van der Waals surface area (Å²) in [7, 11) is 0. The Balaban J connectivity index is 1.85. The standard InChI is InChI=1S/C21H28O5/c1-11(22)21(26)9-6-14-16-13(5-8-20(14,21)3)19(2)7-4-12(23)10-15(19)17(24)18(16)25/h4,7,10,12-14,16,23-26H,5-6,8-9H2,1-3H3/t12-,13-,14-,16+,19+,20-,21-/m0/s1. The Labute approximate surface area is 153 Å². The van der Waals surface area contributed by atoms with E-state index in [4.69, 9.17) is 0 Å². The molecule has 0 unspecified atom stereocenters. The van der Waals surface area contributed by atoms with Crippen molar-refractivity contribution in [2.24, 2.45) is 28.6 Å². The number of ketones is 1. The molecule has 4 N–H and O–H groups in total. The number of aliphatic hydroxyl groups excluding tert-OH is 3. The molecule has 2 saturated carbocycles. The molecule has 0 bridgehead atoms. The third kappa shape index (κ3) is 1.91. The van der Waals surface area contributed by atoms with E-state index in [0.29, 0.717) is 24.8 Å². The first-order valence-electron chi connectivity index (χ1n) is 9.52. The SMILES string of the molecule is CC(=O)[C@@]1(O)CC[C@H]2[C@@H]3C(O)=C(O)C4=C[C@@H](O)C=C[C@]4(C)[C@H]3CC[C@@]21C. The Morgan fingerprint density at radius 2 is 1.81 bits per heavy atom. The Hall–Kier alpha value is -1.59. The zero-order valence-corrected chi connectivity index (χ0v) is 15.6. The molecule has 0 aromatic carbocycles. The Bertz CT molecular complexity index is 764. The van der Waals surface area contributed by atoms with Crippen LogP contribution in [-0.2, 0) is 4.79 Å². The molecule has 0 radical (unpaired) electrons. The van der Waals surface area contributed by atoms with Crippen LogP contribution in [0.15, 0.2) is 35.3 Å². The molecule has 2 fully saturated rings. The molecule has 5 heteroatoms. The van der Waals surface area contributed by atoms with Gasteiger partial charge in [0.2, 0.25) is 0 Å². The number of Topliss-reactive ketones (excluding diaryl/α,β-unsaturated/α-hetero) is 1. The van der Waals surface area contributed by atoms with Crippen molar-refractivity contribution in [3.8, 4) is 0 Å². The Kier molecular flexibility index (Phi) is 3.58. The van der Waals surface area contributed by atoms with Gasteiger partial charge in [-0.15, -0.1) is 0 Å². The maximum Gasteiger partial charge on any atom is 0.161 e. The van der Waals surface area contributed by atoms with Gasteiger partial charge in [0, 0.05) is 22.3 Å². The van der Waals surface area contributed by atoms with Crippen LogP contribution in [-0.4, -0.2) is 37.9 Å². The summed E-state index contributed by atoms with van der Waals surface area (Å²) in [6.07, 6.45) is 6.98. The summed E-state index contributed by atoms with van der Waals surface area (Å²) < 4.78 is 0. The maximum atomic E-state index is 12.2. The highest BCUT2D eigenvalue weighted by Gasteiger charge is 2.66. The van der Waals surface area contributed by atoms with Crippen molar-refractivity contribution in [2.75, 3.05) is 0 Å². The van der Waals surface area contributed by atoms with Crippen molar-refractivity contribution in [1.82, 2.24) is 0 Å². The van der Waals surface area contributed by atoms with E-state index in [-0.39, 0.29) is 35.1 Å². The smallest absolute Gasteiger partial charge is 0.161 e. The number of allylic oxidation sites excluding steroid dienone is 3. The van der Waals surface area contributed by atoms with Crippen molar-refractivity contribution >= 4 is 5.78 Å². The number of hydrogen-bond acceptors (Lipinski definition) is 5. The van der Waals surface area contributed by atoms with Crippen LogP contribution in [0.25, 0.3) is 0 Å². The number of hydrogen-bond donors (Lipinski definition) is 4. The van der Waals surface area contributed by atoms with Crippen LogP contribution in [0.1, 0.15) is 46.5 Å². The highest BCUT2D eigenvalue weighted by atomic mass is 16.3. The summed E-state index contributed by atoms with van der Waals surface area (Å²) in [5.41, 5.74) is -1.87. The van der Waals surface area contributed by atoms with E-state index in [2.05, 4.69) is 0 Å². The Morgan fingerprint density at radius 1 is 1.15 bits per heavy atom. The fourth-order valence-electron chi connectivity index (χ4n) is 6.54. The van der Waals surface area contributed by atoms with Crippen LogP contribution in [0.4, 0.5) is 0 Å². The van der Waals surface area contributed by atoms with Crippen molar-refractivity contribution in [3.63, 3.8) is 0 Å². The van der Waals surface area contributed by atoms with E-state index < -0.39 is 22.5 Å². The van der Waals surface area contributed by atoms with Gasteiger partial charge in [-0.05, 0) is 50.5 Å². The van der Waals surface area contributed by atoms with E-state index in [0.717, 1.165) is 6.42 Å². The molecule has 0 amide bonds. The number of rotatable bonds is 1.